The molecule has 5 heteroatoms. The van der Waals surface area contributed by atoms with Crippen molar-refractivity contribution in [3.05, 3.63) is 11.3 Å². The van der Waals surface area contributed by atoms with E-state index in [0.29, 0.717) is 12.2 Å². The Kier molecular flexibility index (Phi) is 2.24. The summed E-state index contributed by atoms with van der Waals surface area (Å²) >= 11 is 0. The van der Waals surface area contributed by atoms with Gasteiger partial charge in [0.05, 0.1) is 6.61 Å². The van der Waals surface area contributed by atoms with Crippen molar-refractivity contribution in [2.75, 3.05) is 6.61 Å². The van der Waals surface area contributed by atoms with E-state index in [1.54, 1.807) is 20.8 Å². The van der Waals surface area contributed by atoms with E-state index in [0.717, 1.165) is 0 Å². The number of cyclic esters (lactones) is 1. The molecule has 0 aromatic carbocycles. The summed E-state index contributed by atoms with van der Waals surface area (Å²) in [5.41, 5.74) is 0.506. The second kappa shape index (κ2) is 3.21. The van der Waals surface area contributed by atoms with Crippen molar-refractivity contribution < 1.29 is 24.1 Å². The Morgan fingerprint density at radius 3 is 2.53 bits per heavy atom. The van der Waals surface area contributed by atoms with Crippen LogP contribution in [0, 0.1) is 0 Å². The predicted molar refractivity (Wildman–Crippen MR) is 50.1 cm³/mol. The molecular formula is C10H14O5. The van der Waals surface area contributed by atoms with E-state index in [1.165, 1.54) is 0 Å². The molecular weight excluding hydrogens is 200 g/mol. The van der Waals surface area contributed by atoms with E-state index in [2.05, 4.69) is 0 Å². The van der Waals surface area contributed by atoms with Crippen molar-refractivity contribution >= 4 is 5.97 Å². The third kappa shape index (κ3) is 1.72. The van der Waals surface area contributed by atoms with Gasteiger partial charge in [0.2, 0.25) is 5.76 Å². The highest BCUT2D eigenvalue weighted by molar-refractivity contribution is 5.89. The molecule has 2 aliphatic rings. The van der Waals surface area contributed by atoms with Crippen LogP contribution >= 0.6 is 0 Å². The first kappa shape index (κ1) is 10.4. The summed E-state index contributed by atoms with van der Waals surface area (Å²) in [7, 11) is 0. The Labute approximate surface area is 87.6 Å². The minimum Gasteiger partial charge on any atom is -0.502 e. The van der Waals surface area contributed by atoms with Gasteiger partial charge in [-0.15, -0.1) is 0 Å². The van der Waals surface area contributed by atoms with Crippen LogP contribution < -0.4 is 0 Å². The van der Waals surface area contributed by atoms with Crippen LogP contribution in [0.15, 0.2) is 11.3 Å². The van der Waals surface area contributed by atoms with Crippen LogP contribution in [0.1, 0.15) is 20.8 Å². The van der Waals surface area contributed by atoms with Gasteiger partial charge in [-0.2, -0.15) is 0 Å². The molecule has 2 aliphatic heterocycles. The number of aliphatic hydroxyl groups is 1. The van der Waals surface area contributed by atoms with Crippen LogP contribution in [-0.4, -0.2) is 35.7 Å². The molecule has 84 valence electrons. The first-order valence-corrected chi connectivity index (χ1v) is 4.83. The second-order valence-electron chi connectivity index (χ2n) is 4.22. The second-order valence-corrected chi connectivity index (χ2v) is 4.22. The van der Waals surface area contributed by atoms with Crippen LogP contribution in [-0.2, 0) is 19.0 Å². The van der Waals surface area contributed by atoms with Gasteiger partial charge < -0.3 is 19.3 Å². The third-order valence-electron chi connectivity index (χ3n) is 2.60. The molecule has 2 unspecified atom stereocenters. The van der Waals surface area contributed by atoms with Crippen LogP contribution in [0.5, 0.6) is 0 Å². The Hall–Kier alpha value is -1.07. The highest BCUT2D eigenvalue weighted by Crippen LogP contribution is 2.31. The lowest BCUT2D eigenvalue weighted by molar-refractivity contribution is -0.161. The Morgan fingerprint density at radius 1 is 1.47 bits per heavy atom. The zero-order chi connectivity index (χ0) is 11.2. The molecule has 0 aromatic heterocycles. The van der Waals surface area contributed by atoms with Crippen molar-refractivity contribution in [3.8, 4) is 0 Å². The molecule has 0 aliphatic carbocycles. The maximum Gasteiger partial charge on any atom is 0.374 e. The van der Waals surface area contributed by atoms with Crippen molar-refractivity contribution in [2.45, 2.75) is 38.8 Å². The normalized spacial score (nSPS) is 34.7. The first-order valence-electron chi connectivity index (χ1n) is 4.83. The third-order valence-corrected chi connectivity index (χ3v) is 2.60. The topological polar surface area (TPSA) is 65.0 Å². The maximum absolute atomic E-state index is 11.1. The molecule has 5 nitrogen and oxygen atoms in total. The lowest BCUT2D eigenvalue weighted by Gasteiger charge is -2.20. The average Bonchev–Trinajstić information content (AvgIpc) is 2.62. The van der Waals surface area contributed by atoms with Crippen molar-refractivity contribution in [3.63, 3.8) is 0 Å². The lowest BCUT2D eigenvalue weighted by Crippen LogP contribution is -2.32. The van der Waals surface area contributed by atoms with E-state index in [-0.39, 0.29) is 11.9 Å². The number of rotatable bonds is 1. The Balaban J connectivity index is 2.12. The van der Waals surface area contributed by atoms with Gasteiger partial charge in [-0.1, -0.05) is 0 Å². The standard InChI is InChI=1S/C10H14O5/c1-5-7(11)9(12)14-8(5)6-4-13-10(2,3)15-6/h6,8,11H,4H2,1-3H3. The van der Waals surface area contributed by atoms with Crippen molar-refractivity contribution in [1.29, 1.82) is 0 Å². The average molecular weight is 214 g/mol. The molecule has 1 fully saturated rings. The molecule has 0 radical (unpaired) electrons. The van der Waals surface area contributed by atoms with Gasteiger partial charge in [-0.05, 0) is 20.8 Å². The van der Waals surface area contributed by atoms with Gasteiger partial charge in [0.1, 0.15) is 6.10 Å². The minimum atomic E-state index is -0.689. The molecule has 0 amide bonds. The monoisotopic (exact) mass is 214 g/mol. The molecule has 15 heavy (non-hydrogen) atoms. The highest BCUT2D eigenvalue weighted by Gasteiger charge is 2.44. The molecule has 0 saturated carbocycles. The molecule has 1 saturated heterocycles. The highest BCUT2D eigenvalue weighted by atomic mass is 16.8. The molecule has 0 aromatic rings. The van der Waals surface area contributed by atoms with E-state index in [1.807, 2.05) is 0 Å². The van der Waals surface area contributed by atoms with Gasteiger partial charge in [0, 0.05) is 5.57 Å². The summed E-state index contributed by atoms with van der Waals surface area (Å²) in [5.74, 6) is -1.66. The van der Waals surface area contributed by atoms with Crippen molar-refractivity contribution in [2.24, 2.45) is 0 Å². The van der Waals surface area contributed by atoms with Crippen LogP contribution in [0.2, 0.25) is 0 Å². The number of hydrogen-bond donors (Lipinski definition) is 1. The molecule has 2 atom stereocenters. The number of ether oxygens (including phenoxy) is 3. The van der Waals surface area contributed by atoms with Crippen LogP contribution in [0.25, 0.3) is 0 Å². The Morgan fingerprint density at radius 2 is 2.13 bits per heavy atom. The summed E-state index contributed by atoms with van der Waals surface area (Å²) in [6.07, 6.45) is -0.868. The molecule has 2 heterocycles. The maximum atomic E-state index is 11.1. The van der Waals surface area contributed by atoms with E-state index in [4.69, 9.17) is 14.2 Å². The SMILES string of the molecule is CC1=C(O)C(=O)OC1C1COC(C)(C)O1. The van der Waals surface area contributed by atoms with Gasteiger partial charge in [-0.3, -0.25) is 0 Å². The zero-order valence-corrected chi connectivity index (χ0v) is 8.94. The zero-order valence-electron chi connectivity index (χ0n) is 8.94. The van der Waals surface area contributed by atoms with E-state index < -0.39 is 17.9 Å². The predicted octanol–water partition coefficient (Wildman–Crippen LogP) is 0.895. The molecule has 0 spiro atoms. The fraction of sp³-hybridized carbons (Fsp3) is 0.700. The number of aliphatic hydroxyl groups excluding tert-OH is 1. The number of hydrogen-bond acceptors (Lipinski definition) is 5. The van der Waals surface area contributed by atoms with Gasteiger partial charge in [0.15, 0.2) is 11.9 Å². The summed E-state index contributed by atoms with van der Waals surface area (Å²) in [5, 5.41) is 9.34. The lowest BCUT2D eigenvalue weighted by atomic mass is 10.1. The molecule has 2 rings (SSSR count). The quantitative estimate of drug-likeness (QED) is 0.657. The molecule has 1 N–H and O–H groups in total. The van der Waals surface area contributed by atoms with Crippen molar-refractivity contribution in [1.82, 2.24) is 0 Å². The number of carbonyl (C=O) groups excluding carboxylic acids is 1. The van der Waals surface area contributed by atoms with Gasteiger partial charge >= 0.3 is 5.97 Å². The van der Waals surface area contributed by atoms with Crippen LogP contribution in [0.3, 0.4) is 0 Å². The van der Waals surface area contributed by atoms with E-state index >= 15 is 0 Å². The number of esters is 1. The first-order chi connectivity index (χ1) is 6.91. The van der Waals surface area contributed by atoms with Crippen LogP contribution in [0.4, 0.5) is 0 Å². The fourth-order valence-electron chi connectivity index (χ4n) is 1.77. The summed E-state index contributed by atoms with van der Waals surface area (Å²) in [6.45, 7) is 5.60. The number of carbonyl (C=O) groups is 1. The Bertz CT molecular complexity index is 331. The summed E-state index contributed by atoms with van der Waals surface area (Å²) in [6, 6.07) is 0. The summed E-state index contributed by atoms with van der Waals surface area (Å²) < 4.78 is 15.9. The minimum absolute atomic E-state index is 0.312. The summed E-state index contributed by atoms with van der Waals surface area (Å²) in [4.78, 5) is 11.1. The molecule has 0 bridgehead atoms. The van der Waals surface area contributed by atoms with E-state index in [9.17, 15) is 9.90 Å². The van der Waals surface area contributed by atoms with Gasteiger partial charge in [0.25, 0.3) is 0 Å². The largest absolute Gasteiger partial charge is 0.502 e. The smallest absolute Gasteiger partial charge is 0.374 e. The fourth-order valence-corrected chi connectivity index (χ4v) is 1.77. The van der Waals surface area contributed by atoms with Gasteiger partial charge in [-0.25, -0.2) is 4.79 Å².